The number of nitrogens with one attached hydrogen (secondary N) is 5. The number of nitrogens with zero attached hydrogens (tertiary/aromatic N) is 1. The number of guanidine groups is 1. The number of carboxylic acid groups (broad SMARTS) is 1. The maximum atomic E-state index is 13.5. The molecule has 1 fully saturated rings. The van der Waals surface area contributed by atoms with Crippen LogP contribution in [0, 0.1) is 0 Å². The Bertz CT molecular complexity index is 1220. The van der Waals surface area contributed by atoms with Crippen molar-refractivity contribution in [1.82, 2.24) is 26.3 Å². The van der Waals surface area contributed by atoms with Crippen molar-refractivity contribution in [3.63, 3.8) is 0 Å². The molecule has 40 heavy (non-hydrogen) atoms. The highest BCUT2D eigenvalue weighted by molar-refractivity contribution is 5.95. The Kier molecular flexibility index (Phi) is 10.8. The van der Waals surface area contributed by atoms with Crippen molar-refractivity contribution in [2.45, 2.75) is 69.3 Å². The van der Waals surface area contributed by atoms with Crippen molar-refractivity contribution in [2.24, 2.45) is 16.5 Å². The molecule has 0 radical (unpaired) electrons. The molecule has 2 aromatic rings. The zero-order chi connectivity index (χ0) is 29.2. The predicted octanol–water partition coefficient (Wildman–Crippen LogP) is -1.56. The first-order valence-corrected chi connectivity index (χ1v) is 13.2. The Morgan fingerprint density at radius 3 is 2.48 bits per heavy atom. The van der Waals surface area contributed by atoms with E-state index in [1.54, 1.807) is 6.20 Å². The van der Waals surface area contributed by atoms with Crippen LogP contribution in [0.4, 0.5) is 0 Å². The third kappa shape index (κ3) is 8.41. The summed E-state index contributed by atoms with van der Waals surface area (Å²) < 4.78 is 0. The minimum Gasteiger partial charge on any atom is -0.480 e. The molecule has 0 spiro atoms. The van der Waals surface area contributed by atoms with E-state index in [1.807, 2.05) is 24.3 Å². The standard InChI is InChI=1S/C26H38N8O6/c1-14(35)21(25(39)40)34-24(38)20(12-15-13-31-17-7-3-2-6-16(15)17)33-23(37)19(9-5-11-30-26(27)28)32-22(36)18-8-4-10-29-18/h2-3,6-7,13-14,18-21,29,31,35H,4-5,8-12H2,1H3,(H,32,36)(H,33,37)(H,34,38)(H,39,40)(H4,27,28,30). The summed E-state index contributed by atoms with van der Waals surface area (Å²) in [5, 5.41) is 31.0. The minimum atomic E-state index is -1.58. The Balaban J connectivity index is 1.83. The number of rotatable bonds is 14. The molecule has 5 atom stereocenters. The fourth-order valence-corrected chi connectivity index (χ4v) is 4.60. The maximum absolute atomic E-state index is 13.5. The van der Waals surface area contributed by atoms with Crippen molar-refractivity contribution in [3.8, 4) is 0 Å². The number of benzene rings is 1. The van der Waals surface area contributed by atoms with Crippen LogP contribution in [0.15, 0.2) is 35.5 Å². The van der Waals surface area contributed by atoms with Gasteiger partial charge in [0.1, 0.15) is 12.1 Å². The van der Waals surface area contributed by atoms with Crippen LogP contribution in [0.2, 0.25) is 0 Å². The number of aliphatic imine (C=N–C) groups is 1. The zero-order valence-electron chi connectivity index (χ0n) is 22.4. The molecule has 1 aliphatic rings. The number of hydrogen-bond donors (Lipinski definition) is 9. The van der Waals surface area contributed by atoms with Gasteiger partial charge in [0.05, 0.1) is 12.1 Å². The van der Waals surface area contributed by atoms with Crippen LogP contribution < -0.4 is 32.7 Å². The van der Waals surface area contributed by atoms with Crippen LogP contribution in [-0.4, -0.2) is 88.2 Å². The molecule has 3 amide bonds. The first-order valence-electron chi connectivity index (χ1n) is 13.2. The Labute approximate surface area is 231 Å². The van der Waals surface area contributed by atoms with Crippen molar-refractivity contribution in [2.75, 3.05) is 13.1 Å². The molecule has 1 aromatic heterocycles. The average Bonchev–Trinajstić information content (AvgIpc) is 3.58. The van der Waals surface area contributed by atoms with Crippen LogP contribution in [0.3, 0.4) is 0 Å². The number of amides is 3. The van der Waals surface area contributed by atoms with Crippen molar-refractivity contribution in [1.29, 1.82) is 0 Å². The average molecular weight is 559 g/mol. The molecule has 1 saturated heterocycles. The van der Waals surface area contributed by atoms with Gasteiger partial charge in [-0.1, -0.05) is 18.2 Å². The number of aromatic nitrogens is 1. The van der Waals surface area contributed by atoms with Gasteiger partial charge in [0.25, 0.3) is 0 Å². The molecule has 14 heteroatoms. The summed E-state index contributed by atoms with van der Waals surface area (Å²) in [5.41, 5.74) is 12.3. The van der Waals surface area contributed by atoms with Gasteiger partial charge < -0.3 is 47.9 Å². The lowest BCUT2D eigenvalue weighted by Crippen LogP contribution is -2.58. The number of aliphatic hydroxyl groups excluding tert-OH is 1. The Morgan fingerprint density at radius 2 is 1.82 bits per heavy atom. The van der Waals surface area contributed by atoms with E-state index in [-0.39, 0.29) is 31.3 Å². The van der Waals surface area contributed by atoms with E-state index in [1.165, 1.54) is 6.92 Å². The van der Waals surface area contributed by atoms with E-state index in [2.05, 4.69) is 31.2 Å². The van der Waals surface area contributed by atoms with Gasteiger partial charge in [-0.05, 0) is 50.8 Å². The molecule has 14 nitrogen and oxygen atoms in total. The number of aliphatic hydroxyl groups is 1. The molecule has 0 bridgehead atoms. The molecule has 3 rings (SSSR count). The topological polar surface area (TPSA) is 237 Å². The van der Waals surface area contributed by atoms with Crippen molar-refractivity contribution < 1.29 is 29.4 Å². The summed E-state index contributed by atoms with van der Waals surface area (Å²) in [6.45, 7) is 2.17. The van der Waals surface area contributed by atoms with Crippen LogP contribution in [0.25, 0.3) is 10.9 Å². The van der Waals surface area contributed by atoms with E-state index in [0.29, 0.717) is 24.9 Å². The number of aromatic amines is 1. The molecule has 11 N–H and O–H groups in total. The second-order valence-corrected chi connectivity index (χ2v) is 9.85. The zero-order valence-corrected chi connectivity index (χ0v) is 22.4. The van der Waals surface area contributed by atoms with Gasteiger partial charge in [0, 0.05) is 30.1 Å². The van der Waals surface area contributed by atoms with Crippen LogP contribution in [0.1, 0.15) is 38.2 Å². The highest BCUT2D eigenvalue weighted by Gasteiger charge is 2.33. The van der Waals surface area contributed by atoms with Gasteiger partial charge in [0.15, 0.2) is 12.0 Å². The van der Waals surface area contributed by atoms with Gasteiger partial charge in [-0.25, -0.2) is 4.79 Å². The summed E-state index contributed by atoms with van der Waals surface area (Å²) in [7, 11) is 0. The molecule has 1 aliphatic heterocycles. The second kappa shape index (κ2) is 14.3. The van der Waals surface area contributed by atoms with Gasteiger partial charge in [-0.15, -0.1) is 0 Å². The lowest BCUT2D eigenvalue weighted by atomic mass is 10.0. The third-order valence-electron chi connectivity index (χ3n) is 6.73. The molecule has 0 aliphatic carbocycles. The van der Waals surface area contributed by atoms with Gasteiger partial charge in [-0.3, -0.25) is 19.4 Å². The molecular weight excluding hydrogens is 520 g/mol. The lowest BCUT2D eigenvalue weighted by molar-refractivity contribution is -0.145. The molecule has 1 aromatic carbocycles. The maximum Gasteiger partial charge on any atom is 0.328 e. The van der Waals surface area contributed by atoms with Crippen LogP contribution in [-0.2, 0) is 25.6 Å². The number of carbonyl (C=O) groups is 4. The van der Waals surface area contributed by atoms with Crippen LogP contribution >= 0.6 is 0 Å². The van der Waals surface area contributed by atoms with Crippen molar-refractivity contribution in [3.05, 3.63) is 36.0 Å². The quantitative estimate of drug-likeness (QED) is 0.0739. The molecule has 5 unspecified atom stereocenters. The van der Waals surface area contributed by atoms with Gasteiger partial charge in [0.2, 0.25) is 17.7 Å². The number of fused-ring (bicyclic) bond motifs is 1. The normalized spacial score (nSPS) is 17.8. The molecule has 2 heterocycles. The summed E-state index contributed by atoms with van der Waals surface area (Å²) in [6, 6.07) is 3.17. The first-order chi connectivity index (χ1) is 19.1. The Hall–Kier alpha value is -4.17. The number of carboxylic acids is 1. The SMILES string of the molecule is CC(O)C(NC(=O)C(Cc1c[nH]c2ccccc12)NC(=O)C(CCCN=C(N)N)NC(=O)C1CCCN1)C(=O)O. The number of hydrogen-bond acceptors (Lipinski definition) is 7. The number of H-pyrrole nitrogens is 1. The van der Waals surface area contributed by atoms with Gasteiger partial charge in [-0.2, -0.15) is 0 Å². The lowest BCUT2D eigenvalue weighted by Gasteiger charge is -2.26. The van der Waals surface area contributed by atoms with E-state index >= 15 is 0 Å². The van der Waals surface area contributed by atoms with E-state index in [0.717, 1.165) is 17.3 Å². The third-order valence-corrected chi connectivity index (χ3v) is 6.73. The van der Waals surface area contributed by atoms with Crippen molar-refractivity contribution >= 4 is 40.6 Å². The number of nitrogens with two attached hydrogens (primary N) is 2. The van der Waals surface area contributed by atoms with E-state index in [4.69, 9.17) is 11.5 Å². The molecule has 218 valence electrons. The monoisotopic (exact) mass is 558 g/mol. The van der Waals surface area contributed by atoms with E-state index < -0.39 is 48.1 Å². The highest BCUT2D eigenvalue weighted by Crippen LogP contribution is 2.19. The summed E-state index contributed by atoms with van der Waals surface area (Å²) in [4.78, 5) is 58.3. The number of aliphatic carboxylic acids is 1. The number of carbonyl (C=O) groups excluding carboxylic acids is 3. The molecule has 0 saturated carbocycles. The summed E-state index contributed by atoms with van der Waals surface area (Å²) in [5.74, 6) is -3.27. The fraction of sp³-hybridized carbons (Fsp3) is 0.500. The number of para-hydroxylation sites is 1. The Morgan fingerprint density at radius 1 is 1.10 bits per heavy atom. The predicted molar refractivity (Wildman–Crippen MR) is 148 cm³/mol. The highest BCUT2D eigenvalue weighted by atomic mass is 16.4. The summed E-state index contributed by atoms with van der Waals surface area (Å²) >= 11 is 0. The largest absolute Gasteiger partial charge is 0.480 e. The first kappa shape index (κ1) is 30.4. The summed E-state index contributed by atoms with van der Waals surface area (Å²) in [6.07, 6.45) is 2.38. The molecular formula is C26H38N8O6. The minimum absolute atomic E-state index is 0.0204. The van der Waals surface area contributed by atoms with Gasteiger partial charge >= 0.3 is 5.97 Å². The smallest absolute Gasteiger partial charge is 0.328 e. The van der Waals surface area contributed by atoms with E-state index in [9.17, 15) is 29.4 Å². The second-order valence-electron chi connectivity index (χ2n) is 9.85. The van der Waals surface area contributed by atoms with Crippen LogP contribution in [0.5, 0.6) is 0 Å². The fourth-order valence-electron chi connectivity index (χ4n) is 4.60.